The fourth-order valence-electron chi connectivity index (χ4n) is 4.40. The number of carbonyl (C=O) groups is 2. The highest BCUT2D eigenvalue weighted by molar-refractivity contribution is 8.01. The van der Waals surface area contributed by atoms with Gasteiger partial charge in [-0.1, -0.05) is 0 Å². The van der Waals surface area contributed by atoms with E-state index < -0.39 is 22.8 Å². The summed E-state index contributed by atoms with van der Waals surface area (Å²) in [4.78, 5) is 36.3. The highest BCUT2D eigenvalue weighted by atomic mass is 35.5. The van der Waals surface area contributed by atoms with Crippen LogP contribution in [0.3, 0.4) is 0 Å². The van der Waals surface area contributed by atoms with E-state index in [9.17, 15) is 14.7 Å². The molecule has 3 N–H and O–H groups in total. The number of piperidine rings is 1. The number of amides is 1. The number of carboxylic acid groups (broad SMARTS) is 1. The number of thioether (sulfide) groups is 1. The van der Waals surface area contributed by atoms with Gasteiger partial charge in [-0.05, 0) is 39.0 Å². The van der Waals surface area contributed by atoms with Crippen LogP contribution in [-0.2, 0) is 16.1 Å². The number of rotatable bonds is 6. The number of aromatic nitrogens is 2. The second-order valence-electron chi connectivity index (χ2n) is 8.38. The Labute approximate surface area is 186 Å². The van der Waals surface area contributed by atoms with Gasteiger partial charge in [-0.25, -0.2) is 9.78 Å². The molecule has 0 saturated carbocycles. The zero-order chi connectivity index (χ0) is 19.9. The number of aryl methyl sites for hydroxylation is 1. The maximum atomic E-state index is 12.5. The zero-order valence-corrected chi connectivity index (χ0v) is 18.8. The van der Waals surface area contributed by atoms with Crippen molar-refractivity contribution >= 4 is 42.4 Å². The number of carbonyl (C=O) groups excluding carboxylic acids is 1. The predicted octanol–water partition coefficient (Wildman–Crippen LogP) is 1.13. The van der Waals surface area contributed by atoms with Crippen LogP contribution in [-0.4, -0.2) is 83.4 Å². The van der Waals surface area contributed by atoms with Crippen LogP contribution in [0, 0.1) is 5.92 Å². The number of imidazole rings is 1. The Bertz CT molecular complexity index is 767. The Morgan fingerprint density at radius 1 is 1.40 bits per heavy atom. The topological polar surface area (TPSA) is 123 Å². The minimum absolute atomic E-state index is 0. The number of fused-ring (bicyclic) bond motifs is 1. The second kappa shape index (κ2) is 9.57. The summed E-state index contributed by atoms with van der Waals surface area (Å²) in [6.45, 7) is 6.67. The zero-order valence-electron chi connectivity index (χ0n) is 17.2. The Morgan fingerprint density at radius 2 is 2.10 bits per heavy atom. The Morgan fingerprint density at radius 3 is 2.70 bits per heavy atom. The van der Waals surface area contributed by atoms with E-state index in [-0.39, 0.29) is 29.2 Å². The summed E-state index contributed by atoms with van der Waals surface area (Å²) in [6.07, 6.45) is 10.9. The number of likely N-dealkylation sites (tertiary alicyclic amines) is 1. The van der Waals surface area contributed by atoms with Crippen LogP contribution in [0.2, 0.25) is 0 Å². The van der Waals surface area contributed by atoms with Gasteiger partial charge in [-0.3, -0.25) is 9.79 Å². The molecule has 3 fully saturated rings. The average Bonchev–Trinajstić information content (AvgIpc) is 3.25. The highest BCUT2D eigenvalue weighted by Crippen LogP contribution is 2.51. The van der Waals surface area contributed by atoms with Crippen molar-refractivity contribution in [3.8, 4) is 0 Å². The van der Waals surface area contributed by atoms with Crippen molar-refractivity contribution in [2.75, 3.05) is 13.1 Å². The second-order valence-corrected chi connectivity index (χ2v) is 10.1. The molecule has 0 spiro atoms. The molecule has 9 nitrogen and oxygen atoms in total. The largest absolute Gasteiger partial charge is 0.480 e. The molecule has 0 bridgehead atoms. The summed E-state index contributed by atoms with van der Waals surface area (Å²) in [5.41, 5.74) is 0. The van der Waals surface area contributed by atoms with Crippen molar-refractivity contribution in [1.82, 2.24) is 19.4 Å². The van der Waals surface area contributed by atoms with Gasteiger partial charge in [0.1, 0.15) is 11.4 Å². The molecule has 0 aromatic carbocycles. The van der Waals surface area contributed by atoms with Gasteiger partial charge in [0.05, 0.1) is 12.7 Å². The molecular formula is C19H30ClN5O4S. The Hall–Kier alpha value is -1.78. The maximum absolute atomic E-state index is 12.5. The molecule has 30 heavy (non-hydrogen) atoms. The molecule has 1 amide bonds. The Balaban J connectivity index is 0.00000160. The molecule has 4 rings (SSSR count). The van der Waals surface area contributed by atoms with E-state index in [1.807, 2.05) is 38.9 Å². The molecule has 1 aromatic heterocycles. The molecule has 0 aliphatic carbocycles. The first kappa shape index (κ1) is 24.5. The van der Waals surface area contributed by atoms with Crippen LogP contribution in [0.15, 0.2) is 23.7 Å². The van der Waals surface area contributed by atoms with Crippen LogP contribution in [0.5, 0.6) is 0 Å². The van der Waals surface area contributed by atoms with E-state index in [0.29, 0.717) is 5.92 Å². The molecular weight excluding hydrogens is 430 g/mol. The molecule has 1 aromatic rings. The van der Waals surface area contributed by atoms with Crippen molar-refractivity contribution in [2.45, 2.75) is 61.9 Å². The number of nitrogens with zero attached hydrogens (tertiary/aromatic N) is 5. The van der Waals surface area contributed by atoms with Crippen LogP contribution >= 0.6 is 24.2 Å². The van der Waals surface area contributed by atoms with Gasteiger partial charge < -0.3 is 24.9 Å². The van der Waals surface area contributed by atoms with Gasteiger partial charge in [0.2, 0.25) is 0 Å². The monoisotopic (exact) mass is 459 g/mol. The minimum atomic E-state index is -0.937. The maximum Gasteiger partial charge on any atom is 0.327 e. The van der Waals surface area contributed by atoms with Crippen LogP contribution in [0.25, 0.3) is 0 Å². The quantitative estimate of drug-likeness (QED) is 0.386. The van der Waals surface area contributed by atoms with Crippen LogP contribution in [0.1, 0.15) is 33.1 Å². The van der Waals surface area contributed by atoms with Crippen LogP contribution in [0.4, 0.5) is 0 Å². The summed E-state index contributed by atoms with van der Waals surface area (Å²) >= 11 is 1.54. The number of hydrogen-bond acceptors (Lipinski definition) is 5. The molecule has 3 aliphatic heterocycles. The third-order valence-electron chi connectivity index (χ3n) is 6.04. The van der Waals surface area contributed by atoms with Gasteiger partial charge in [-0.15, -0.1) is 24.2 Å². The number of carboxylic acids is 1. The van der Waals surface area contributed by atoms with Gasteiger partial charge in [0, 0.05) is 36.8 Å². The smallest absolute Gasteiger partial charge is 0.327 e. The van der Waals surface area contributed by atoms with Crippen molar-refractivity contribution in [1.29, 1.82) is 0 Å². The lowest BCUT2D eigenvalue weighted by atomic mass is 9.94. The molecule has 3 aliphatic rings. The summed E-state index contributed by atoms with van der Waals surface area (Å²) in [5.74, 6) is -0.397. The summed E-state index contributed by atoms with van der Waals surface area (Å²) in [7, 11) is 0. The Kier molecular flexibility index (Phi) is 7.81. The summed E-state index contributed by atoms with van der Waals surface area (Å²) in [6, 6.07) is -1.22. The van der Waals surface area contributed by atoms with Gasteiger partial charge in [-0.2, -0.15) is 0 Å². The standard InChI is InChI=1S/C19H27N5O3S.ClH.H2O/c1-19(2)15(18(26)27)24-16(25)14(17(24)28-19)21-12-22-7-3-13(4-8-22)5-9-23-10-6-20-11-23;;/h6,10-15,17H,3-5,7-9H2,1-2H3,(H,26,27);1H;1H2/t14-,15+,17-;;/m1../s1. The van der Waals surface area contributed by atoms with Crippen molar-refractivity contribution in [3.63, 3.8) is 0 Å². The fraction of sp³-hybridized carbons (Fsp3) is 0.684. The molecule has 0 radical (unpaired) electrons. The van der Waals surface area contributed by atoms with E-state index in [1.165, 1.54) is 4.90 Å². The molecule has 11 heteroatoms. The lowest BCUT2D eigenvalue weighted by molar-refractivity contribution is -0.158. The van der Waals surface area contributed by atoms with Crippen molar-refractivity contribution < 1.29 is 20.2 Å². The highest BCUT2D eigenvalue weighted by Gasteiger charge is 2.63. The molecule has 3 saturated heterocycles. The summed E-state index contributed by atoms with van der Waals surface area (Å²) in [5, 5.41) is 9.32. The summed E-state index contributed by atoms with van der Waals surface area (Å²) < 4.78 is 1.62. The number of hydrogen-bond donors (Lipinski definition) is 1. The first-order valence-corrected chi connectivity index (χ1v) is 10.7. The van der Waals surface area contributed by atoms with E-state index in [1.54, 1.807) is 11.8 Å². The average molecular weight is 460 g/mol. The van der Waals surface area contributed by atoms with E-state index in [2.05, 4.69) is 19.4 Å². The number of aliphatic carboxylic acids is 1. The van der Waals surface area contributed by atoms with E-state index in [4.69, 9.17) is 0 Å². The number of β-lactam (4-membered cyclic amide) rings is 1. The SMILES string of the molecule is CC1(C)S[C@@H]2[C@H](N=CN3CCC(CCn4ccnc4)CC3)C(=O)N2[C@H]1C(=O)O.Cl.O. The molecule has 3 atom stereocenters. The third-order valence-corrected chi connectivity index (χ3v) is 7.60. The van der Waals surface area contributed by atoms with Gasteiger partial charge in [0.15, 0.2) is 6.04 Å². The number of aliphatic imine (C=N–C) groups is 1. The lowest BCUT2D eigenvalue weighted by Crippen LogP contribution is -2.65. The third kappa shape index (κ3) is 4.60. The first-order chi connectivity index (χ1) is 13.4. The minimum Gasteiger partial charge on any atom is -0.480 e. The molecule has 168 valence electrons. The van der Waals surface area contributed by atoms with E-state index in [0.717, 1.165) is 38.9 Å². The predicted molar refractivity (Wildman–Crippen MR) is 118 cm³/mol. The first-order valence-electron chi connectivity index (χ1n) is 9.83. The van der Waals surface area contributed by atoms with E-state index >= 15 is 0 Å². The van der Waals surface area contributed by atoms with Crippen molar-refractivity contribution in [2.24, 2.45) is 10.9 Å². The van der Waals surface area contributed by atoms with Gasteiger partial charge >= 0.3 is 5.97 Å². The lowest BCUT2D eigenvalue weighted by Gasteiger charge is -2.41. The van der Waals surface area contributed by atoms with Crippen molar-refractivity contribution in [3.05, 3.63) is 18.7 Å². The van der Waals surface area contributed by atoms with Crippen LogP contribution < -0.4 is 0 Å². The normalized spacial score (nSPS) is 27.9. The van der Waals surface area contributed by atoms with Gasteiger partial charge in [0.25, 0.3) is 5.91 Å². The number of halogens is 1. The molecule has 4 heterocycles. The fourth-order valence-corrected chi connectivity index (χ4v) is 6.02. The molecule has 0 unspecified atom stereocenters.